The van der Waals surface area contributed by atoms with Gasteiger partial charge in [0.05, 0.1) is 0 Å². The molecule has 0 amide bonds. The summed E-state index contributed by atoms with van der Waals surface area (Å²) in [7, 11) is 0. The number of hydrogen-bond donors (Lipinski definition) is 2. The van der Waals surface area contributed by atoms with Gasteiger partial charge in [0.2, 0.25) is 0 Å². The average Bonchev–Trinajstić information content (AvgIpc) is 1.99. The van der Waals surface area contributed by atoms with Gasteiger partial charge in [-0.2, -0.15) is 8.78 Å². The Morgan fingerprint density at radius 3 is 2.29 bits per heavy atom. The van der Waals surface area contributed by atoms with Crippen LogP contribution in [0.3, 0.4) is 0 Å². The Morgan fingerprint density at radius 2 is 1.86 bits per heavy atom. The van der Waals surface area contributed by atoms with E-state index in [2.05, 4.69) is 0 Å². The summed E-state index contributed by atoms with van der Waals surface area (Å²) in [4.78, 5) is -3.56. The molecule has 0 aliphatic carbocycles. The second-order valence-corrected chi connectivity index (χ2v) is 3.74. The van der Waals surface area contributed by atoms with Crippen LogP contribution in [0.15, 0.2) is 18.2 Å². The fourth-order valence-corrected chi connectivity index (χ4v) is 1.21. The van der Waals surface area contributed by atoms with Crippen LogP contribution in [-0.4, -0.2) is 15.0 Å². The summed E-state index contributed by atoms with van der Waals surface area (Å²) >= 11 is 1.94. The molecule has 0 bridgehead atoms. The van der Waals surface area contributed by atoms with Crippen molar-refractivity contribution < 1.29 is 23.4 Å². The Labute approximate surface area is 86.1 Å². The maximum atomic E-state index is 12.6. The lowest BCUT2D eigenvalue weighted by molar-refractivity contribution is -0.0296. The summed E-state index contributed by atoms with van der Waals surface area (Å²) in [6.45, 7) is 0. The zero-order chi connectivity index (χ0) is 10.9. The van der Waals surface area contributed by atoms with Crippen molar-refractivity contribution in [2.24, 2.45) is 0 Å². The van der Waals surface area contributed by atoms with E-state index in [1.807, 2.05) is 15.9 Å². The number of halogens is 4. The molecule has 1 aromatic carbocycles. The van der Waals surface area contributed by atoms with Crippen LogP contribution in [0.1, 0.15) is 11.7 Å². The predicted octanol–water partition coefficient (Wildman–Crippen LogP) is 2.55. The van der Waals surface area contributed by atoms with E-state index in [0.717, 1.165) is 18.2 Å². The van der Waals surface area contributed by atoms with Crippen molar-refractivity contribution in [3.05, 3.63) is 29.6 Å². The van der Waals surface area contributed by atoms with E-state index in [4.69, 9.17) is 10.2 Å². The number of phenols is 1. The number of phenolic OH excluding ortho intramolecular Hbond substituents is 1. The normalized spacial score (nSPS) is 14.1. The first-order chi connectivity index (χ1) is 6.30. The minimum atomic E-state index is -3.56. The summed E-state index contributed by atoms with van der Waals surface area (Å²) in [5.41, 5.74) is -0.399. The summed E-state index contributed by atoms with van der Waals surface area (Å²) in [5, 5.41) is 17.9. The molecule has 1 aromatic rings. The second kappa shape index (κ2) is 3.78. The molecule has 2 nitrogen and oxygen atoms in total. The van der Waals surface area contributed by atoms with Crippen LogP contribution in [0.5, 0.6) is 5.75 Å². The maximum absolute atomic E-state index is 12.6. The Kier molecular flexibility index (Phi) is 3.06. The molecule has 0 heterocycles. The summed E-state index contributed by atoms with van der Waals surface area (Å²) in [6.07, 6.45) is -2.20. The van der Waals surface area contributed by atoms with Crippen molar-refractivity contribution >= 4 is 15.9 Å². The average molecular weight is 271 g/mol. The first-order valence-corrected chi connectivity index (χ1v) is 4.34. The van der Waals surface area contributed by atoms with E-state index in [1.54, 1.807) is 0 Å². The smallest absolute Gasteiger partial charge is 0.330 e. The van der Waals surface area contributed by atoms with Crippen molar-refractivity contribution in [1.82, 2.24) is 0 Å². The Hall–Kier alpha value is -0.750. The van der Waals surface area contributed by atoms with Crippen LogP contribution in [0.2, 0.25) is 0 Å². The highest BCUT2D eigenvalue weighted by Gasteiger charge is 2.36. The van der Waals surface area contributed by atoms with Gasteiger partial charge >= 0.3 is 4.83 Å². The van der Waals surface area contributed by atoms with Gasteiger partial charge in [0.25, 0.3) is 0 Å². The number of rotatable bonds is 2. The van der Waals surface area contributed by atoms with E-state index in [1.165, 1.54) is 0 Å². The topological polar surface area (TPSA) is 40.5 Å². The Balaban J connectivity index is 3.07. The van der Waals surface area contributed by atoms with Crippen molar-refractivity contribution in [2.45, 2.75) is 10.9 Å². The standard InChI is InChI=1S/C8H6BrF3O2/c9-8(11,12)7(14)4-1-5(10)3-6(13)2-4/h1-3,7,13-14H. The molecular formula is C8H6BrF3O2. The molecule has 1 unspecified atom stereocenters. The monoisotopic (exact) mass is 270 g/mol. The number of alkyl halides is 3. The molecular weight excluding hydrogens is 265 g/mol. The van der Waals surface area contributed by atoms with Gasteiger partial charge in [0, 0.05) is 6.07 Å². The van der Waals surface area contributed by atoms with Gasteiger partial charge in [-0.15, -0.1) is 0 Å². The van der Waals surface area contributed by atoms with Crippen LogP contribution < -0.4 is 0 Å². The Morgan fingerprint density at radius 1 is 1.29 bits per heavy atom. The number of aromatic hydroxyl groups is 1. The summed E-state index contributed by atoms with van der Waals surface area (Å²) in [6, 6.07) is 2.34. The van der Waals surface area contributed by atoms with Crippen LogP contribution in [0.25, 0.3) is 0 Å². The van der Waals surface area contributed by atoms with E-state index in [9.17, 15) is 13.2 Å². The molecule has 6 heteroatoms. The van der Waals surface area contributed by atoms with E-state index >= 15 is 0 Å². The Bertz CT molecular complexity index is 318. The second-order valence-electron chi connectivity index (χ2n) is 2.69. The van der Waals surface area contributed by atoms with Crippen LogP contribution >= 0.6 is 15.9 Å². The minimum absolute atomic E-state index is 0.399. The van der Waals surface area contributed by atoms with Crippen molar-refractivity contribution in [2.75, 3.05) is 0 Å². The third kappa shape index (κ3) is 2.62. The van der Waals surface area contributed by atoms with E-state index in [0.29, 0.717) is 0 Å². The molecule has 0 saturated carbocycles. The first-order valence-electron chi connectivity index (χ1n) is 3.55. The van der Waals surface area contributed by atoms with Gasteiger partial charge in [-0.25, -0.2) is 4.39 Å². The molecule has 0 aromatic heterocycles. The molecule has 0 radical (unpaired) electrons. The number of hydrogen-bond acceptors (Lipinski definition) is 2. The highest BCUT2D eigenvalue weighted by molar-refractivity contribution is 9.10. The lowest BCUT2D eigenvalue weighted by Crippen LogP contribution is -2.18. The lowest BCUT2D eigenvalue weighted by Gasteiger charge is -2.16. The summed E-state index contributed by atoms with van der Waals surface area (Å²) < 4.78 is 37.7. The molecule has 0 spiro atoms. The molecule has 2 N–H and O–H groups in total. The molecule has 0 aliphatic rings. The third-order valence-corrected chi connectivity index (χ3v) is 1.96. The van der Waals surface area contributed by atoms with Gasteiger partial charge in [-0.1, -0.05) is 0 Å². The van der Waals surface area contributed by atoms with Gasteiger partial charge in [0.15, 0.2) is 6.10 Å². The third-order valence-electron chi connectivity index (χ3n) is 1.53. The fraction of sp³-hybridized carbons (Fsp3) is 0.250. The quantitative estimate of drug-likeness (QED) is 0.811. The van der Waals surface area contributed by atoms with Crippen LogP contribution in [0, 0.1) is 5.82 Å². The summed E-state index contributed by atoms with van der Waals surface area (Å²) in [5.74, 6) is -1.41. The van der Waals surface area contributed by atoms with Crippen molar-refractivity contribution in [3.63, 3.8) is 0 Å². The fourth-order valence-electron chi connectivity index (χ4n) is 0.943. The number of aliphatic hydroxyl groups excluding tert-OH is 1. The van der Waals surface area contributed by atoms with Gasteiger partial charge in [-0.05, 0) is 33.6 Å². The number of benzene rings is 1. The molecule has 0 aliphatic heterocycles. The molecule has 1 atom stereocenters. The van der Waals surface area contributed by atoms with Gasteiger partial charge in [0.1, 0.15) is 11.6 Å². The SMILES string of the molecule is Oc1cc(F)cc(C(O)C(F)(F)Br)c1. The first kappa shape index (κ1) is 11.3. The molecule has 78 valence electrons. The zero-order valence-corrected chi connectivity index (χ0v) is 8.30. The molecule has 14 heavy (non-hydrogen) atoms. The largest absolute Gasteiger partial charge is 0.508 e. The van der Waals surface area contributed by atoms with E-state index < -0.39 is 28.1 Å². The van der Waals surface area contributed by atoms with Crippen LogP contribution in [0.4, 0.5) is 13.2 Å². The van der Waals surface area contributed by atoms with Crippen molar-refractivity contribution in [1.29, 1.82) is 0 Å². The minimum Gasteiger partial charge on any atom is -0.508 e. The predicted molar refractivity (Wildman–Crippen MR) is 46.9 cm³/mol. The molecule has 1 rings (SSSR count). The molecule has 0 saturated heterocycles. The van der Waals surface area contributed by atoms with Crippen molar-refractivity contribution in [3.8, 4) is 5.75 Å². The van der Waals surface area contributed by atoms with Crippen LogP contribution in [-0.2, 0) is 0 Å². The highest BCUT2D eigenvalue weighted by Crippen LogP contribution is 2.37. The number of aliphatic hydroxyl groups is 1. The molecule has 0 fully saturated rings. The zero-order valence-electron chi connectivity index (χ0n) is 6.72. The lowest BCUT2D eigenvalue weighted by atomic mass is 10.1. The van der Waals surface area contributed by atoms with Gasteiger partial charge in [-0.3, -0.25) is 0 Å². The highest BCUT2D eigenvalue weighted by atomic mass is 79.9. The maximum Gasteiger partial charge on any atom is 0.330 e. The van der Waals surface area contributed by atoms with E-state index in [-0.39, 0.29) is 0 Å². The van der Waals surface area contributed by atoms with Gasteiger partial charge < -0.3 is 10.2 Å².